The van der Waals surface area contributed by atoms with Crippen molar-refractivity contribution in [3.63, 3.8) is 0 Å². The SMILES string of the molecule is O=C(N[C@H](C(=O)N1C[C@H](Cl)[C@H]2OC[C@H](O)[C@H]21)C1CCCCC1)c1ccc(-c2ccc(Cl)nc2)s1. The third-order valence-electron chi connectivity index (χ3n) is 7.08. The molecule has 0 unspecified atom stereocenters. The summed E-state index contributed by atoms with van der Waals surface area (Å²) in [5, 5.41) is 13.5. The Labute approximate surface area is 212 Å². The van der Waals surface area contributed by atoms with Crippen molar-refractivity contribution in [1.29, 1.82) is 0 Å². The van der Waals surface area contributed by atoms with E-state index in [1.54, 1.807) is 23.2 Å². The van der Waals surface area contributed by atoms with E-state index in [2.05, 4.69) is 10.3 Å². The van der Waals surface area contributed by atoms with Crippen molar-refractivity contribution in [1.82, 2.24) is 15.2 Å². The third kappa shape index (κ3) is 4.71. The molecule has 0 aromatic carbocycles. The van der Waals surface area contributed by atoms with Crippen LogP contribution in [-0.2, 0) is 9.53 Å². The highest BCUT2D eigenvalue weighted by molar-refractivity contribution is 7.17. The van der Waals surface area contributed by atoms with Crippen LogP contribution in [-0.4, -0.2) is 69.6 Å². The Balaban J connectivity index is 1.36. The number of carbonyl (C=O) groups is 2. The summed E-state index contributed by atoms with van der Waals surface area (Å²) in [5.74, 6) is -0.400. The lowest BCUT2D eigenvalue weighted by atomic mass is 9.83. The summed E-state index contributed by atoms with van der Waals surface area (Å²) in [6.45, 7) is 0.471. The van der Waals surface area contributed by atoms with Crippen LogP contribution in [0.25, 0.3) is 10.4 Å². The van der Waals surface area contributed by atoms with E-state index in [-0.39, 0.29) is 35.8 Å². The molecule has 3 aliphatic rings. The second-order valence-electron chi connectivity index (χ2n) is 9.25. The Bertz CT molecular complexity index is 1040. The van der Waals surface area contributed by atoms with E-state index in [1.807, 2.05) is 12.1 Å². The molecule has 2 N–H and O–H groups in total. The minimum absolute atomic E-state index is 0.0531. The number of alkyl halides is 1. The van der Waals surface area contributed by atoms with E-state index in [0.717, 1.165) is 42.5 Å². The number of likely N-dealkylation sites (tertiary alicyclic amines) is 1. The number of nitrogens with one attached hydrogen (secondary N) is 1. The summed E-state index contributed by atoms with van der Waals surface area (Å²) < 4.78 is 5.63. The maximum atomic E-state index is 13.8. The van der Waals surface area contributed by atoms with Gasteiger partial charge in [-0.25, -0.2) is 4.98 Å². The van der Waals surface area contributed by atoms with Crippen molar-refractivity contribution >= 4 is 46.4 Å². The fourth-order valence-corrected chi connectivity index (χ4v) is 6.74. The van der Waals surface area contributed by atoms with Crippen molar-refractivity contribution in [2.45, 2.75) is 61.8 Å². The second-order valence-corrected chi connectivity index (χ2v) is 11.3. The van der Waals surface area contributed by atoms with Crippen molar-refractivity contribution in [2.75, 3.05) is 13.2 Å². The van der Waals surface area contributed by atoms with Gasteiger partial charge in [0.05, 0.1) is 29.0 Å². The van der Waals surface area contributed by atoms with Gasteiger partial charge in [0.1, 0.15) is 17.3 Å². The Hall–Kier alpha value is -1.71. The summed E-state index contributed by atoms with van der Waals surface area (Å²) in [4.78, 5) is 34.2. The molecule has 2 saturated heterocycles. The topological polar surface area (TPSA) is 91.8 Å². The normalized spacial score (nSPS) is 28.0. The summed E-state index contributed by atoms with van der Waals surface area (Å²) in [7, 11) is 0. The van der Waals surface area contributed by atoms with Gasteiger partial charge in [-0.3, -0.25) is 9.59 Å². The predicted molar refractivity (Wildman–Crippen MR) is 131 cm³/mol. The number of thiophene rings is 1. The van der Waals surface area contributed by atoms with Gasteiger partial charge in [-0.05, 0) is 43.0 Å². The molecule has 0 radical (unpaired) electrons. The van der Waals surface area contributed by atoms with Gasteiger partial charge in [-0.15, -0.1) is 22.9 Å². The Morgan fingerprint density at radius 3 is 2.74 bits per heavy atom. The molecule has 4 heterocycles. The van der Waals surface area contributed by atoms with Crippen LogP contribution in [0.1, 0.15) is 41.8 Å². The fourth-order valence-electron chi connectivity index (χ4n) is 5.36. The molecule has 5 atom stereocenters. The largest absolute Gasteiger partial charge is 0.388 e. The van der Waals surface area contributed by atoms with E-state index in [0.29, 0.717) is 16.6 Å². The monoisotopic (exact) mass is 523 g/mol. The van der Waals surface area contributed by atoms with Gasteiger partial charge < -0.3 is 20.1 Å². The molecule has 34 heavy (non-hydrogen) atoms. The summed E-state index contributed by atoms with van der Waals surface area (Å²) in [5.41, 5.74) is 0.875. The number of aromatic nitrogens is 1. The van der Waals surface area contributed by atoms with E-state index in [4.69, 9.17) is 27.9 Å². The van der Waals surface area contributed by atoms with Crippen LogP contribution in [0, 0.1) is 5.92 Å². The molecule has 7 nitrogen and oxygen atoms in total. The zero-order valence-corrected chi connectivity index (χ0v) is 20.9. The summed E-state index contributed by atoms with van der Waals surface area (Å²) in [6, 6.07) is 6.08. The average Bonchev–Trinajstić information content (AvgIpc) is 3.56. The lowest BCUT2D eigenvalue weighted by Gasteiger charge is -2.35. The first kappa shape index (κ1) is 24.0. The molecule has 182 valence electrons. The number of aliphatic hydroxyl groups excluding tert-OH is 1. The van der Waals surface area contributed by atoms with Crippen LogP contribution in [0.4, 0.5) is 0 Å². The maximum Gasteiger partial charge on any atom is 0.262 e. The molecule has 2 amide bonds. The number of aliphatic hydroxyl groups is 1. The molecular formula is C24H27Cl2N3O4S. The maximum absolute atomic E-state index is 13.8. The van der Waals surface area contributed by atoms with Crippen LogP contribution >= 0.6 is 34.5 Å². The minimum Gasteiger partial charge on any atom is -0.388 e. The van der Waals surface area contributed by atoms with Gasteiger partial charge in [0.15, 0.2) is 0 Å². The molecular weight excluding hydrogens is 497 g/mol. The number of pyridine rings is 1. The molecule has 2 aromatic heterocycles. The van der Waals surface area contributed by atoms with Crippen molar-refractivity contribution in [2.24, 2.45) is 5.92 Å². The van der Waals surface area contributed by atoms with Crippen LogP contribution in [0.2, 0.25) is 5.15 Å². The van der Waals surface area contributed by atoms with Crippen molar-refractivity contribution in [3.05, 3.63) is 40.5 Å². The molecule has 0 bridgehead atoms. The number of nitrogens with zero attached hydrogens (tertiary/aromatic N) is 2. The third-order valence-corrected chi connectivity index (χ3v) is 8.82. The fraction of sp³-hybridized carbons (Fsp3) is 0.542. The van der Waals surface area contributed by atoms with Gasteiger partial charge in [0.2, 0.25) is 5.91 Å². The highest BCUT2D eigenvalue weighted by atomic mass is 35.5. The first-order valence-electron chi connectivity index (χ1n) is 11.7. The van der Waals surface area contributed by atoms with Crippen LogP contribution in [0.15, 0.2) is 30.5 Å². The molecule has 1 aliphatic carbocycles. The van der Waals surface area contributed by atoms with Crippen LogP contribution in [0.5, 0.6) is 0 Å². The Morgan fingerprint density at radius 1 is 1.21 bits per heavy atom. The molecule has 10 heteroatoms. The zero-order chi connectivity index (χ0) is 23.8. The lowest BCUT2D eigenvalue weighted by Crippen LogP contribution is -2.55. The van der Waals surface area contributed by atoms with E-state index < -0.39 is 18.2 Å². The van der Waals surface area contributed by atoms with Gasteiger partial charge in [-0.2, -0.15) is 0 Å². The molecule has 2 aromatic rings. The van der Waals surface area contributed by atoms with Crippen molar-refractivity contribution in [3.8, 4) is 10.4 Å². The first-order chi connectivity index (χ1) is 16.4. The summed E-state index contributed by atoms with van der Waals surface area (Å²) in [6.07, 6.45) is 5.50. The van der Waals surface area contributed by atoms with Gasteiger partial charge in [0.25, 0.3) is 5.91 Å². The molecule has 0 spiro atoms. The Kier molecular flexibility index (Phi) is 7.14. The molecule has 1 saturated carbocycles. The molecule has 3 fully saturated rings. The number of ether oxygens (including phenoxy) is 1. The molecule has 5 rings (SSSR count). The zero-order valence-electron chi connectivity index (χ0n) is 18.5. The van der Waals surface area contributed by atoms with Gasteiger partial charge in [-0.1, -0.05) is 30.9 Å². The molecule has 2 aliphatic heterocycles. The number of hydrogen-bond donors (Lipinski definition) is 2. The van der Waals surface area contributed by atoms with E-state index in [1.165, 1.54) is 11.3 Å². The van der Waals surface area contributed by atoms with E-state index >= 15 is 0 Å². The minimum atomic E-state index is -0.770. The van der Waals surface area contributed by atoms with Gasteiger partial charge in [0, 0.05) is 23.2 Å². The number of carbonyl (C=O) groups excluding carboxylic acids is 2. The number of hydrogen-bond acceptors (Lipinski definition) is 6. The number of fused-ring (bicyclic) bond motifs is 1. The number of amides is 2. The highest BCUT2D eigenvalue weighted by Gasteiger charge is 2.53. The quantitative estimate of drug-likeness (QED) is 0.460. The number of rotatable bonds is 5. The van der Waals surface area contributed by atoms with Crippen LogP contribution < -0.4 is 5.32 Å². The second kappa shape index (κ2) is 10.1. The van der Waals surface area contributed by atoms with Crippen LogP contribution in [0.3, 0.4) is 0 Å². The lowest BCUT2D eigenvalue weighted by molar-refractivity contribution is -0.137. The summed E-state index contributed by atoms with van der Waals surface area (Å²) >= 11 is 13.7. The highest BCUT2D eigenvalue weighted by Crippen LogP contribution is 2.35. The predicted octanol–water partition coefficient (Wildman–Crippen LogP) is 3.72. The number of halogens is 2. The van der Waals surface area contributed by atoms with Crippen molar-refractivity contribution < 1.29 is 19.4 Å². The van der Waals surface area contributed by atoms with E-state index in [9.17, 15) is 14.7 Å². The smallest absolute Gasteiger partial charge is 0.262 e. The Morgan fingerprint density at radius 2 is 2.00 bits per heavy atom. The standard InChI is InChI=1S/C24H27Cl2N3O4S/c25-15-11-29(21-16(30)12-33-22(15)21)24(32)20(13-4-2-1-3-5-13)28-23(31)18-8-7-17(34-18)14-6-9-19(26)27-10-14/h6-10,13,15-16,20-22,30H,1-5,11-12H2,(H,28,31)/t15-,16-,20-,21+,22+/m0/s1. The van der Waals surface area contributed by atoms with Gasteiger partial charge >= 0.3 is 0 Å². The average molecular weight is 524 g/mol. The first-order valence-corrected chi connectivity index (χ1v) is 13.3.